The largest absolute Gasteiger partial charge is 0.337 e. The molecule has 1 aliphatic rings. The maximum absolute atomic E-state index is 13.4. The number of aryl methyl sites for hydroxylation is 3. The quantitative estimate of drug-likeness (QED) is 0.661. The molecule has 1 fully saturated rings. The molecule has 1 amide bonds. The van der Waals surface area contributed by atoms with Gasteiger partial charge in [0.15, 0.2) is 5.65 Å². The molecule has 0 N–H and O–H groups in total. The van der Waals surface area contributed by atoms with Crippen molar-refractivity contribution in [3.63, 3.8) is 0 Å². The molecule has 29 heavy (non-hydrogen) atoms. The zero-order valence-electron chi connectivity index (χ0n) is 17.2. The van der Waals surface area contributed by atoms with Gasteiger partial charge in [-0.15, -0.1) is 0 Å². The maximum Gasteiger partial charge on any atom is 0.254 e. The van der Waals surface area contributed by atoms with Gasteiger partial charge in [-0.25, -0.2) is 4.98 Å². The molecule has 0 aliphatic carbocycles. The average Bonchev–Trinajstić information content (AvgIpc) is 2.85. The predicted molar refractivity (Wildman–Crippen MR) is 115 cm³/mol. The van der Waals surface area contributed by atoms with Gasteiger partial charge >= 0.3 is 0 Å². The Morgan fingerprint density at radius 2 is 1.86 bits per heavy atom. The van der Waals surface area contributed by atoms with Crippen molar-refractivity contribution in [3.8, 4) is 0 Å². The number of carbonyl (C=O) groups is 1. The van der Waals surface area contributed by atoms with Crippen LogP contribution in [0.1, 0.15) is 33.7 Å². The number of hydrogen-bond donors (Lipinski definition) is 0. The molecule has 0 radical (unpaired) electrons. The molecule has 7 heteroatoms. The highest BCUT2D eigenvalue weighted by Crippen LogP contribution is 2.23. The summed E-state index contributed by atoms with van der Waals surface area (Å²) in [4.78, 5) is 22.4. The average molecular weight is 412 g/mol. The predicted octanol–water partition coefficient (Wildman–Crippen LogP) is 3.59. The van der Waals surface area contributed by atoms with E-state index in [0.29, 0.717) is 12.1 Å². The van der Waals surface area contributed by atoms with Crippen LogP contribution in [0.5, 0.6) is 0 Å². The van der Waals surface area contributed by atoms with Crippen molar-refractivity contribution in [2.24, 2.45) is 7.05 Å². The van der Waals surface area contributed by atoms with Crippen molar-refractivity contribution in [1.82, 2.24) is 24.6 Å². The molecule has 6 nitrogen and oxygen atoms in total. The molecular formula is C22H26ClN5O. The number of nitrogens with zero attached hydrogens (tertiary/aromatic N) is 5. The lowest BCUT2D eigenvalue weighted by atomic mass is 10.1. The molecule has 1 saturated heterocycles. The van der Waals surface area contributed by atoms with E-state index < -0.39 is 0 Å². The molecule has 0 unspecified atom stereocenters. The first-order chi connectivity index (χ1) is 13.9. The summed E-state index contributed by atoms with van der Waals surface area (Å²) in [5.41, 5.74) is 4.40. The standard InChI is InChI=1S/C22H26ClN5O/c1-15-13-19(20-16(2)25-26(3)21(20)24-15)22(29)28-10-4-9-27(11-12-28)14-17-5-7-18(23)8-6-17/h5-8,13H,4,9-12,14H2,1-3H3. The van der Waals surface area contributed by atoms with Crippen LogP contribution in [-0.2, 0) is 13.6 Å². The van der Waals surface area contributed by atoms with Crippen LogP contribution in [0.15, 0.2) is 30.3 Å². The second-order valence-electron chi connectivity index (χ2n) is 7.77. The van der Waals surface area contributed by atoms with E-state index in [2.05, 4.69) is 27.1 Å². The second-order valence-corrected chi connectivity index (χ2v) is 8.20. The normalized spacial score (nSPS) is 15.7. The summed E-state index contributed by atoms with van der Waals surface area (Å²) in [7, 11) is 1.87. The Morgan fingerprint density at radius 1 is 1.10 bits per heavy atom. The fourth-order valence-corrected chi connectivity index (χ4v) is 4.22. The molecule has 0 saturated carbocycles. The molecule has 1 aliphatic heterocycles. The lowest BCUT2D eigenvalue weighted by Gasteiger charge is -2.22. The van der Waals surface area contributed by atoms with Gasteiger partial charge in [-0.3, -0.25) is 14.4 Å². The Hall–Kier alpha value is -2.44. The van der Waals surface area contributed by atoms with Gasteiger partial charge in [0, 0.05) is 50.5 Å². The van der Waals surface area contributed by atoms with Crippen LogP contribution in [0.3, 0.4) is 0 Å². The van der Waals surface area contributed by atoms with E-state index in [0.717, 1.165) is 60.0 Å². The van der Waals surface area contributed by atoms with Crippen molar-refractivity contribution in [1.29, 1.82) is 0 Å². The second kappa shape index (κ2) is 8.13. The number of benzene rings is 1. The lowest BCUT2D eigenvalue weighted by molar-refractivity contribution is 0.0763. The van der Waals surface area contributed by atoms with Gasteiger partial charge in [0.2, 0.25) is 0 Å². The summed E-state index contributed by atoms with van der Waals surface area (Å²) in [6.45, 7) is 8.05. The zero-order chi connectivity index (χ0) is 20.5. The summed E-state index contributed by atoms with van der Waals surface area (Å²) in [5.74, 6) is 0.0740. The fourth-order valence-electron chi connectivity index (χ4n) is 4.09. The van der Waals surface area contributed by atoms with Crippen LogP contribution < -0.4 is 0 Å². The highest BCUT2D eigenvalue weighted by Gasteiger charge is 2.24. The highest BCUT2D eigenvalue weighted by atomic mass is 35.5. The topological polar surface area (TPSA) is 54.3 Å². The van der Waals surface area contributed by atoms with Gasteiger partial charge in [-0.2, -0.15) is 5.10 Å². The van der Waals surface area contributed by atoms with Gasteiger partial charge < -0.3 is 4.90 Å². The van der Waals surface area contributed by atoms with Gasteiger partial charge in [0.1, 0.15) is 0 Å². The molecule has 152 valence electrons. The van der Waals surface area contributed by atoms with Crippen LogP contribution in [0.2, 0.25) is 5.02 Å². The van der Waals surface area contributed by atoms with Crippen molar-refractivity contribution in [2.45, 2.75) is 26.8 Å². The van der Waals surface area contributed by atoms with Crippen molar-refractivity contribution >= 4 is 28.5 Å². The highest BCUT2D eigenvalue weighted by molar-refractivity contribution is 6.30. The third kappa shape index (κ3) is 4.14. The van der Waals surface area contributed by atoms with Crippen LogP contribution in [0.4, 0.5) is 0 Å². The number of rotatable bonds is 3. The molecule has 1 aromatic carbocycles. The minimum atomic E-state index is 0.0740. The molecule has 2 aromatic heterocycles. The van der Waals surface area contributed by atoms with Crippen LogP contribution in [0.25, 0.3) is 11.0 Å². The molecule has 0 atom stereocenters. The molecule has 0 spiro atoms. The molecule has 4 rings (SSSR count). The van der Waals surface area contributed by atoms with E-state index in [-0.39, 0.29) is 5.91 Å². The van der Waals surface area contributed by atoms with E-state index in [1.807, 2.05) is 44.0 Å². The summed E-state index contributed by atoms with van der Waals surface area (Å²) < 4.78 is 1.75. The van der Waals surface area contributed by atoms with E-state index in [4.69, 9.17) is 11.6 Å². The smallest absolute Gasteiger partial charge is 0.254 e. The molecule has 3 heterocycles. The number of amides is 1. The van der Waals surface area contributed by atoms with Crippen LogP contribution in [0, 0.1) is 13.8 Å². The van der Waals surface area contributed by atoms with Crippen molar-refractivity contribution in [2.75, 3.05) is 26.2 Å². The van der Waals surface area contributed by atoms with E-state index >= 15 is 0 Å². The minimum absolute atomic E-state index is 0.0740. The Labute approximate surface area is 176 Å². The number of halogens is 1. The Balaban J connectivity index is 1.52. The van der Waals surface area contributed by atoms with Crippen molar-refractivity contribution in [3.05, 3.63) is 57.9 Å². The number of aromatic nitrogens is 3. The van der Waals surface area contributed by atoms with E-state index in [9.17, 15) is 4.79 Å². The van der Waals surface area contributed by atoms with Crippen LogP contribution >= 0.6 is 11.6 Å². The van der Waals surface area contributed by atoms with E-state index in [1.165, 1.54) is 5.56 Å². The van der Waals surface area contributed by atoms with E-state index in [1.54, 1.807) is 4.68 Å². The van der Waals surface area contributed by atoms with Crippen LogP contribution in [-0.4, -0.2) is 56.7 Å². The Morgan fingerprint density at radius 3 is 2.62 bits per heavy atom. The molecule has 3 aromatic rings. The van der Waals surface area contributed by atoms with Gasteiger partial charge in [-0.1, -0.05) is 23.7 Å². The van der Waals surface area contributed by atoms with Gasteiger partial charge in [0.25, 0.3) is 5.91 Å². The molecular weight excluding hydrogens is 386 g/mol. The SMILES string of the molecule is Cc1cc(C(=O)N2CCCN(Cc3ccc(Cl)cc3)CC2)c2c(C)nn(C)c2n1. The maximum atomic E-state index is 13.4. The summed E-state index contributed by atoms with van der Waals surface area (Å²) in [5, 5.41) is 6.09. The summed E-state index contributed by atoms with van der Waals surface area (Å²) in [6.07, 6.45) is 0.957. The first-order valence-electron chi connectivity index (χ1n) is 9.99. The lowest BCUT2D eigenvalue weighted by Crippen LogP contribution is -2.35. The van der Waals surface area contributed by atoms with Gasteiger partial charge in [0.05, 0.1) is 16.6 Å². The third-order valence-corrected chi connectivity index (χ3v) is 5.77. The summed E-state index contributed by atoms with van der Waals surface area (Å²) >= 11 is 5.99. The number of pyridine rings is 1. The van der Waals surface area contributed by atoms with Crippen molar-refractivity contribution < 1.29 is 4.79 Å². The first kappa shape index (κ1) is 19.9. The number of hydrogen-bond acceptors (Lipinski definition) is 4. The summed E-state index contributed by atoms with van der Waals surface area (Å²) in [6, 6.07) is 9.89. The monoisotopic (exact) mass is 411 g/mol. The number of fused-ring (bicyclic) bond motifs is 1. The fraction of sp³-hybridized carbons (Fsp3) is 0.409. The van der Waals surface area contributed by atoms with Gasteiger partial charge in [-0.05, 0) is 44.0 Å². The Kier molecular flexibility index (Phi) is 5.56. The Bertz CT molecular complexity index is 1040. The minimum Gasteiger partial charge on any atom is -0.337 e. The third-order valence-electron chi connectivity index (χ3n) is 5.52. The molecule has 0 bridgehead atoms. The first-order valence-corrected chi connectivity index (χ1v) is 10.4. The number of carbonyl (C=O) groups excluding carboxylic acids is 1. The zero-order valence-corrected chi connectivity index (χ0v) is 17.9.